The minimum Gasteiger partial charge on any atom is -0.396 e. The third kappa shape index (κ3) is 1.98. The predicted octanol–water partition coefficient (Wildman–Crippen LogP) is 1.82. The van der Waals surface area contributed by atoms with Gasteiger partial charge in [-0.05, 0) is 17.7 Å². The van der Waals surface area contributed by atoms with Gasteiger partial charge in [0.2, 0.25) is 0 Å². The van der Waals surface area contributed by atoms with E-state index in [1.54, 1.807) is 0 Å². The summed E-state index contributed by atoms with van der Waals surface area (Å²) in [6.07, 6.45) is 0. The first-order valence-electron chi connectivity index (χ1n) is 4.16. The van der Waals surface area contributed by atoms with Crippen LogP contribution in [0.4, 0.5) is 5.69 Å². The Balaban J connectivity index is 2.77. The lowest BCUT2D eigenvalue weighted by molar-refractivity contribution is 0.273. The summed E-state index contributed by atoms with van der Waals surface area (Å²) < 4.78 is 0. The minimum absolute atomic E-state index is 0.207. The molecule has 66 valence electrons. The van der Waals surface area contributed by atoms with Crippen molar-refractivity contribution in [3.63, 3.8) is 0 Å². The molecule has 0 aliphatic carbocycles. The summed E-state index contributed by atoms with van der Waals surface area (Å²) in [6.45, 7) is 2.22. The first-order chi connectivity index (χ1) is 5.77. The summed E-state index contributed by atoms with van der Waals surface area (Å²) in [5, 5.41) is 11.9. The second-order valence-corrected chi connectivity index (χ2v) is 2.96. The number of hydrogen-bond acceptors (Lipinski definition) is 2. The minimum atomic E-state index is 0.207. The second kappa shape index (κ2) is 4.12. The molecule has 1 unspecified atom stereocenters. The Morgan fingerprint density at radius 1 is 1.33 bits per heavy atom. The molecule has 2 heteroatoms. The van der Waals surface area contributed by atoms with Crippen LogP contribution in [0.5, 0.6) is 0 Å². The van der Waals surface area contributed by atoms with Crippen LogP contribution >= 0.6 is 0 Å². The van der Waals surface area contributed by atoms with Crippen LogP contribution in [-0.2, 0) is 0 Å². The Hall–Kier alpha value is -1.02. The van der Waals surface area contributed by atoms with Crippen molar-refractivity contribution in [2.75, 3.05) is 19.0 Å². The van der Waals surface area contributed by atoms with Crippen LogP contribution in [0.2, 0.25) is 0 Å². The Labute approximate surface area is 73.2 Å². The van der Waals surface area contributed by atoms with E-state index in [1.807, 2.05) is 38.2 Å². The average Bonchev–Trinajstić information content (AvgIpc) is 2.17. The van der Waals surface area contributed by atoms with Gasteiger partial charge in [0, 0.05) is 25.3 Å². The largest absolute Gasteiger partial charge is 0.396 e. The number of rotatable bonds is 3. The number of hydrogen-bond donors (Lipinski definition) is 2. The molecule has 0 bridgehead atoms. The molecule has 1 aromatic carbocycles. The van der Waals surface area contributed by atoms with E-state index in [9.17, 15) is 0 Å². The van der Waals surface area contributed by atoms with E-state index in [4.69, 9.17) is 5.11 Å². The maximum atomic E-state index is 8.90. The Bertz CT molecular complexity index is 230. The molecule has 0 heterocycles. The first-order valence-corrected chi connectivity index (χ1v) is 4.16. The molecule has 0 fully saturated rings. The van der Waals surface area contributed by atoms with Crippen molar-refractivity contribution < 1.29 is 5.11 Å². The summed E-state index contributed by atoms with van der Waals surface area (Å²) in [6, 6.07) is 8.10. The maximum Gasteiger partial charge on any atom is 0.0497 e. The molecular weight excluding hydrogens is 150 g/mol. The van der Waals surface area contributed by atoms with E-state index < -0.39 is 0 Å². The third-order valence-corrected chi connectivity index (χ3v) is 2.04. The Kier molecular flexibility index (Phi) is 3.11. The molecule has 0 aromatic heterocycles. The molecule has 2 N–H and O–H groups in total. The van der Waals surface area contributed by atoms with E-state index in [-0.39, 0.29) is 12.5 Å². The lowest BCUT2D eigenvalue weighted by Gasteiger charge is -2.08. The fourth-order valence-electron chi connectivity index (χ4n) is 1.08. The van der Waals surface area contributed by atoms with Gasteiger partial charge in [0.15, 0.2) is 0 Å². The van der Waals surface area contributed by atoms with Gasteiger partial charge in [-0.2, -0.15) is 0 Å². The van der Waals surface area contributed by atoms with Crippen molar-refractivity contribution in [2.45, 2.75) is 12.8 Å². The van der Waals surface area contributed by atoms with Gasteiger partial charge in [0.1, 0.15) is 0 Å². The van der Waals surface area contributed by atoms with Gasteiger partial charge in [0.25, 0.3) is 0 Å². The van der Waals surface area contributed by atoms with Gasteiger partial charge < -0.3 is 10.4 Å². The summed E-state index contributed by atoms with van der Waals surface area (Å²) in [7, 11) is 1.89. The van der Waals surface area contributed by atoms with Crippen LogP contribution in [0, 0.1) is 0 Å². The summed E-state index contributed by atoms with van der Waals surface area (Å²) in [5.41, 5.74) is 2.28. The van der Waals surface area contributed by atoms with Crippen LogP contribution in [-0.4, -0.2) is 18.8 Å². The van der Waals surface area contributed by atoms with Gasteiger partial charge in [-0.1, -0.05) is 19.1 Å². The molecule has 0 aliphatic heterocycles. The van der Waals surface area contributed by atoms with Crippen molar-refractivity contribution in [2.24, 2.45) is 0 Å². The highest BCUT2D eigenvalue weighted by molar-refractivity contribution is 5.44. The summed E-state index contributed by atoms with van der Waals surface area (Å²) in [5.74, 6) is 0.232. The van der Waals surface area contributed by atoms with Crippen molar-refractivity contribution >= 4 is 5.69 Å². The normalized spacial score (nSPS) is 12.6. The fourth-order valence-corrected chi connectivity index (χ4v) is 1.08. The second-order valence-electron chi connectivity index (χ2n) is 2.96. The first kappa shape index (κ1) is 9.07. The highest BCUT2D eigenvalue weighted by atomic mass is 16.3. The van der Waals surface area contributed by atoms with Crippen molar-refractivity contribution in [3.05, 3.63) is 29.8 Å². The standard InChI is InChI=1S/C10H15NO/c1-8(7-12)9-3-5-10(11-2)6-4-9/h3-6,8,11-12H,7H2,1-2H3. The molecule has 12 heavy (non-hydrogen) atoms. The zero-order valence-electron chi connectivity index (χ0n) is 7.54. The molecule has 0 saturated carbocycles. The van der Waals surface area contributed by atoms with E-state index in [0.717, 1.165) is 5.69 Å². The lowest BCUT2D eigenvalue weighted by atomic mass is 10.0. The van der Waals surface area contributed by atoms with Crippen LogP contribution in [0.25, 0.3) is 0 Å². The topological polar surface area (TPSA) is 32.3 Å². The molecule has 2 nitrogen and oxygen atoms in total. The van der Waals surface area contributed by atoms with E-state index in [1.165, 1.54) is 5.56 Å². The van der Waals surface area contributed by atoms with Crippen LogP contribution in [0.1, 0.15) is 18.4 Å². The van der Waals surface area contributed by atoms with Gasteiger partial charge in [0.05, 0.1) is 0 Å². The Morgan fingerprint density at radius 2 is 1.92 bits per heavy atom. The molecule has 1 rings (SSSR count). The summed E-state index contributed by atoms with van der Waals surface area (Å²) in [4.78, 5) is 0. The summed E-state index contributed by atoms with van der Waals surface area (Å²) >= 11 is 0. The average molecular weight is 165 g/mol. The Morgan fingerprint density at radius 3 is 2.33 bits per heavy atom. The molecule has 0 radical (unpaired) electrons. The van der Waals surface area contributed by atoms with Gasteiger partial charge >= 0.3 is 0 Å². The highest BCUT2D eigenvalue weighted by Gasteiger charge is 2.01. The number of anilines is 1. The van der Waals surface area contributed by atoms with Crippen LogP contribution in [0.15, 0.2) is 24.3 Å². The van der Waals surface area contributed by atoms with Gasteiger partial charge in [-0.25, -0.2) is 0 Å². The monoisotopic (exact) mass is 165 g/mol. The number of benzene rings is 1. The quantitative estimate of drug-likeness (QED) is 0.716. The van der Waals surface area contributed by atoms with E-state index >= 15 is 0 Å². The number of aliphatic hydroxyl groups excluding tert-OH is 1. The number of nitrogens with one attached hydrogen (secondary N) is 1. The van der Waals surface area contributed by atoms with Gasteiger partial charge in [-0.15, -0.1) is 0 Å². The number of aliphatic hydroxyl groups is 1. The lowest BCUT2D eigenvalue weighted by Crippen LogP contribution is -1.98. The van der Waals surface area contributed by atoms with Crippen molar-refractivity contribution in [1.82, 2.24) is 0 Å². The molecule has 0 amide bonds. The van der Waals surface area contributed by atoms with Crippen molar-refractivity contribution in [3.8, 4) is 0 Å². The van der Waals surface area contributed by atoms with E-state index in [0.29, 0.717) is 0 Å². The molecule has 1 atom stereocenters. The fraction of sp³-hybridized carbons (Fsp3) is 0.400. The molecule has 0 saturated heterocycles. The van der Waals surface area contributed by atoms with Crippen LogP contribution in [0.3, 0.4) is 0 Å². The SMILES string of the molecule is CNc1ccc(C(C)CO)cc1. The third-order valence-electron chi connectivity index (χ3n) is 2.04. The molecule has 0 aliphatic rings. The smallest absolute Gasteiger partial charge is 0.0497 e. The highest BCUT2D eigenvalue weighted by Crippen LogP contribution is 2.16. The zero-order valence-corrected chi connectivity index (χ0v) is 7.54. The van der Waals surface area contributed by atoms with Crippen molar-refractivity contribution in [1.29, 1.82) is 0 Å². The molecular formula is C10H15NO. The molecule has 0 spiro atoms. The van der Waals surface area contributed by atoms with E-state index in [2.05, 4.69) is 5.32 Å². The zero-order chi connectivity index (χ0) is 8.97. The maximum absolute atomic E-state index is 8.90. The van der Waals surface area contributed by atoms with Crippen LogP contribution < -0.4 is 5.32 Å². The predicted molar refractivity (Wildman–Crippen MR) is 51.5 cm³/mol. The molecule has 1 aromatic rings. The van der Waals surface area contributed by atoms with Gasteiger partial charge in [-0.3, -0.25) is 0 Å².